The molecule has 1 aliphatic heterocycles. The van der Waals surface area contributed by atoms with Crippen LogP contribution in [-0.4, -0.2) is 22.6 Å². The van der Waals surface area contributed by atoms with Crippen LogP contribution in [-0.2, 0) is 0 Å². The Bertz CT molecular complexity index is 686. The van der Waals surface area contributed by atoms with Gasteiger partial charge in [0.25, 0.3) is 0 Å². The van der Waals surface area contributed by atoms with Crippen LogP contribution >= 0.6 is 23.4 Å². The van der Waals surface area contributed by atoms with E-state index in [4.69, 9.17) is 17.3 Å². The zero-order valence-electron chi connectivity index (χ0n) is 11.7. The number of hydrazone groups is 1. The standard InChI is InChI=1S/C16H14ClN3S.BrH/c17-14-8-6-12(7-9-14)10-19-20-11-15(21-16(20)18)13-4-2-1-3-5-13;/h1-10,15,18H,11H2;1H/b19-10+;/t15-;/m1./s1. The lowest BCUT2D eigenvalue weighted by Gasteiger charge is -2.04. The molecule has 6 heteroatoms. The Morgan fingerprint density at radius 2 is 1.82 bits per heavy atom. The maximum Gasteiger partial charge on any atom is 0.330 e. The number of halogens is 2. The second-order valence-electron chi connectivity index (χ2n) is 4.73. The van der Waals surface area contributed by atoms with Gasteiger partial charge in [0.05, 0.1) is 11.5 Å². The van der Waals surface area contributed by atoms with Crippen molar-refractivity contribution < 1.29 is 21.7 Å². The first-order valence-corrected chi connectivity index (χ1v) is 7.89. The second kappa shape index (κ2) is 7.81. The van der Waals surface area contributed by atoms with Gasteiger partial charge >= 0.3 is 5.17 Å². The van der Waals surface area contributed by atoms with Crippen LogP contribution in [0.15, 0.2) is 59.7 Å². The molecular weight excluding hydrogens is 382 g/mol. The molecule has 0 saturated heterocycles. The Balaban J connectivity index is 0.00000176. The van der Waals surface area contributed by atoms with Crippen LogP contribution in [0.25, 0.3) is 0 Å². The van der Waals surface area contributed by atoms with Crippen molar-refractivity contribution >= 4 is 34.7 Å². The molecule has 1 aliphatic rings. The first-order chi connectivity index (χ1) is 10.2. The van der Waals surface area contributed by atoms with Gasteiger partial charge in [-0.2, -0.15) is 0 Å². The largest absolute Gasteiger partial charge is 1.00 e. The summed E-state index contributed by atoms with van der Waals surface area (Å²) < 4.78 is 1.84. The molecule has 0 bridgehead atoms. The fourth-order valence-corrected chi connectivity index (χ4v) is 3.29. The van der Waals surface area contributed by atoms with Crippen molar-refractivity contribution in [1.82, 2.24) is 0 Å². The Kier molecular flexibility index (Phi) is 6.06. The topological polar surface area (TPSA) is 41.4 Å². The summed E-state index contributed by atoms with van der Waals surface area (Å²) in [5.41, 5.74) is 8.34. The summed E-state index contributed by atoms with van der Waals surface area (Å²) in [6.07, 6.45) is 1.80. The lowest BCUT2D eigenvalue weighted by Crippen LogP contribution is -3.00. The van der Waals surface area contributed by atoms with Gasteiger partial charge in [-0.3, -0.25) is 5.73 Å². The molecule has 3 nitrogen and oxygen atoms in total. The van der Waals surface area contributed by atoms with E-state index in [1.54, 1.807) is 18.0 Å². The molecule has 1 heterocycles. The normalized spacial score (nSPS) is 17.8. The number of nitrogens with zero attached hydrogens (tertiary/aromatic N) is 2. The number of amidine groups is 1. The summed E-state index contributed by atoms with van der Waals surface area (Å²) in [6.45, 7) is 0.782. The number of nitrogens with two attached hydrogens (primary N) is 1. The first-order valence-electron chi connectivity index (χ1n) is 6.63. The van der Waals surface area contributed by atoms with Crippen molar-refractivity contribution in [2.24, 2.45) is 10.8 Å². The van der Waals surface area contributed by atoms with E-state index in [-0.39, 0.29) is 17.0 Å². The van der Waals surface area contributed by atoms with E-state index >= 15 is 0 Å². The van der Waals surface area contributed by atoms with E-state index in [1.165, 1.54) is 5.56 Å². The monoisotopic (exact) mass is 395 g/mol. The molecule has 1 atom stereocenters. The summed E-state index contributed by atoms with van der Waals surface area (Å²) in [6, 6.07) is 17.9. The molecule has 2 aromatic carbocycles. The second-order valence-corrected chi connectivity index (χ2v) is 6.39. The van der Waals surface area contributed by atoms with Crippen molar-refractivity contribution in [3.8, 4) is 0 Å². The van der Waals surface area contributed by atoms with Crippen molar-refractivity contribution in [2.75, 3.05) is 6.54 Å². The summed E-state index contributed by atoms with van der Waals surface area (Å²) in [7, 11) is 0. The minimum Gasteiger partial charge on any atom is -1.00 e. The third kappa shape index (κ3) is 4.12. The Hall–Kier alpha value is -1.30. The minimum atomic E-state index is 0. The highest BCUT2D eigenvalue weighted by atomic mass is 79.9. The van der Waals surface area contributed by atoms with Crippen molar-refractivity contribution in [1.29, 1.82) is 0 Å². The molecule has 0 unspecified atom stereocenters. The fraction of sp³-hybridized carbons (Fsp3) is 0.125. The Labute approximate surface area is 149 Å². The SMILES string of the molecule is NC1=[N+](/N=C/c2ccc(Cl)cc2)C[C@H](c2ccccc2)S1.[Br-]. The molecular formula is C16H15BrClN3S. The van der Waals surface area contributed by atoms with Crippen LogP contribution in [0, 0.1) is 0 Å². The summed E-state index contributed by atoms with van der Waals surface area (Å²) in [5, 5.41) is 6.24. The van der Waals surface area contributed by atoms with E-state index in [0.29, 0.717) is 5.25 Å². The summed E-state index contributed by atoms with van der Waals surface area (Å²) >= 11 is 7.52. The van der Waals surface area contributed by atoms with E-state index in [1.807, 2.05) is 47.1 Å². The maximum absolute atomic E-state index is 6.07. The van der Waals surface area contributed by atoms with Gasteiger partial charge in [-0.05, 0) is 35.0 Å². The fourth-order valence-electron chi connectivity index (χ4n) is 2.12. The first kappa shape index (κ1) is 17.1. The van der Waals surface area contributed by atoms with Crippen LogP contribution in [0.5, 0.6) is 0 Å². The maximum atomic E-state index is 6.07. The van der Waals surface area contributed by atoms with Crippen molar-refractivity contribution in [3.63, 3.8) is 0 Å². The molecule has 22 heavy (non-hydrogen) atoms. The smallest absolute Gasteiger partial charge is 0.330 e. The zero-order chi connectivity index (χ0) is 14.7. The summed E-state index contributed by atoms with van der Waals surface area (Å²) in [5.74, 6) is 0. The van der Waals surface area contributed by atoms with Gasteiger partial charge in [-0.25, -0.2) is 0 Å². The van der Waals surface area contributed by atoms with Crippen LogP contribution in [0.2, 0.25) is 5.02 Å². The number of hydrogen-bond donors (Lipinski definition) is 1. The van der Waals surface area contributed by atoms with E-state index in [0.717, 1.165) is 22.3 Å². The van der Waals surface area contributed by atoms with Crippen LogP contribution < -0.4 is 22.7 Å². The van der Waals surface area contributed by atoms with E-state index in [2.05, 4.69) is 17.2 Å². The number of thioether (sulfide) groups is 1. The van der Waals surface area contributed by atoms with Crippen LogP contribution in [0.4, 0.5) is 0 Å². The number of rotatable bonds is 3. The zero-order valence-corrected chi connectivity index (χ0v) is 14.9. The summed E-state index contributed by atoms with van der Waals surface area (Å²) in [4.78, 5) is 0. The molecule has 2 N–H and O–H groups in total. The molecule has 0 radical (unpaired) electrons. The average molecular weight is 397 g/mol. The van der Waals surface area contributed by atoms with Crippen molar-refractivity contribution in [3.05, 3.63) is 70.7 Å². The molecule has 114 valence electrons. The molecule has 0 saturated carbocycles. The van der Waals surface area contributed by atoms with Gasteiger partial charge in [0.1, 0.15) is 6.54 Å². The predicted octanol–water partition coefficient (Wildman–Crippen LogP) is 0.493. The highest BCUT2D eigenvalue weighted by Crippen LogP contribution is 2.33. The molecule has 2 aromatic rings. The molecule has 0 aromatic heterocycles. The molecule has 0 amide bonds. The van der Waals surface area contributed by atoms with E-state index < -0.39 is 0 Å². The Morgan fingerprint density at radius 1 is 1.14 bits per heavy atom. The number of benzene rings is 2. The lowest BCUT2D eigenvalue weighted by atomic mass is 10.1. The van der Waals surface area contributed by atoms with Gasteiger partial charge in [0, 0.05) is 5.02 Å². The third-order valence-corrected chi connectivity index (χ3v) is 4.65. The average Bonchev–Trinajstić information content (AvgIpc) is 2.89. The van der Waals surface area contributed by atoms with Gasteiger partial charge in [0.15, 0.2) is 0 Å². The van der Waals surface area contributed by atoms with Crippen LogP contribution in [0.3, 0.4) is 0 Å². The quantitative estimate of drug-likeness (QED) is 0.606. The van der Waals surface area contributed by atoms with Crippen molar-refractivity contribution in [2.45, 2.75) is 5.25 Å². The number of hydrogen-bond acceptors (Lipinski definition) is 3. The van der Waals surface area contributed by atoms with Gasteiger partial charge < -0.3 is 17.0 Å². The molecule has 0 fully saturated rings. The van der Waals surface area contributed by atoms with Crippen LogP contribution in [0.1, 0.15) is 16.4 Å². The molecule has 0 aliphatic carbocycles. The van der Waals surface area contributed by atoms with Gasteiger partial charge in [-0.15, -0.1) is 4.68 Å². The predicted molar refractivity (Wildman–Crippen MR) is 90.1 cm³/mol. The van der Waals surface area contributed by atoms with E-state index in [9.17, 15) is 0 Å². The lowest BCUT2D eigenvalue weighted by molar-refractivity contribution is -0.527. The highest BCUT2D eigenvalue weighted by molar-refractivity contribution is 8.13. The molecule has 3 rings (SSSR count). The molecule has 0 spiro atoms. The van der Waals surface area contributed by atoms with Gasteiger partial charge in [0.2, 0.25) is 0 Å². The van der Waals surface area contributed by atoms with Gasteiger partial charge in [-0.1, -0.05) is 59.2 Å². The Morgan fingerprint density at radius 3 is 2.50 bits per heavy atom. The highest BCUT2D eigenvalue weighted by Gasteiger charge is 2.29. The third-order valence-electron chi connectivity index (χ3n) is 3.24. The minimum absolute atomic E-state index is 0.